The summed E-state index contributed by atoms with van der Waals surface area (Å²) in [5.41, 5.74) is 0. The highest BCUT2D eigenvalue weighted by atomic mass is 16.5. The van der Waals surface area contributed by atoms with Gasteiger partial charge in [0.2, 0.25) is 0 Å². The van der Waals surface area contributed by atoms with Crippen molar-refractivity contribution in [2.75, 3.05) is 14.2 Å². The Morgan fingerprint density at radius 3 is 1.73 bits per heavy atom. The predicted molar refractivity (Wildman–Crippen MR) is 51.7 cm³/mol. The molecule has 1 fully saturated rings. The summed E-state index contributed by atoms with van der Waals surface area (Å²) < 4.78 is 9.46. The van der Waals surface area contributed by atoms with E-state index in [-0.39, 0.29) is 35.6 Å². The molecule has 0 spiro atoms. The SMILES string of the molecule is COC(=O)[C@@H]1[C@H](C(=O)OC)[C@@H]2C=C[C@H]1C2. The molecule has 0 aromatic rings. The maximum atomic E-state index is 11.6. The summed E-state index contributed by atoms with van der Waals surface area (Å²) in [6, 6.07) is 0. The monoisotopic (exact) mass is 210 g/mol. The lowest BCUT2D eigenvalue weighted by atomic mass is 9.83. The minimum atomic E-state index is -0.350. The number of allylic oxidation sites excluding steroid dienone is 2. The Labute approximate surface area is 88.2 Å². The first-order valence-electron chi connectivity index (χ1n) is 5.03. The van der Waals surface area contributed by atoms with E-state index in [1.54, 1.807) is 0 Å². The average Bonchev–Trinajstić information content (AvgIpc) is 2.86. The summed E-state index contributed by atoms with van der Waals surface area (Å²) in [6.07, 6.45) is 4.87. The van der Waals surface area contributed by atoms with E-state index in [0.29, 0.717) is 0 Å². The van der Waals surface area contributed by atoms with Crippen LogP contribution in [0.5, 0.6) is 0 Å². The molecule has 1 saturated carbocycles. The van der Waals surface area contributed by atoms with Crippen molar-refractivity contribution in [3.05, 3.63) is 12.2 Å². The number of hydrogen-bond acceptors (Lipinski definition) is 4. The maximum Gasteiger partial charge on any atom is 0.310 e. The number of hydrogen-bond donors (Lipinski definition) is 0. The van der Waals surface area contributed by atoms with Crippen molar-refractivity contribution < 1.29 is 19.1 Å². The zero-order valence-corrected chi connectivity index (χ0v) is 8.80. The first kappa shape index (κ1) is 10.2. The molecule has 0 unspecified atom stereocenters. The van der Waals surface area contributed by atoms with Crippen molar-refractivity contribution in [1.29, 1.82) is 0 Å². The number of carbonyl (C=O) groups excluding carboxylic acids is 2. The number of fused-ring (bicyclic) bond motifs is 2. The van der Waals surface area contributed by atoms with Crippen molar-refractivity contribution in [3.63, 3.8) is 0 Å². The molecule has 0 amide bonds. The van der Waals surface area contributed by atoms with Crippen LogP contribution in [0.25, 0.3) is 0 Å². The van der Waals surface area contributed by atoms with Gasteiger partial charge in [-0.3, -0.25) is 9.59 Å². The van der Waals surface area contributed by atoms with Crippen molar-refractivity contribution in [3.8, 4) is 0 Å². The molecule has 0 saturated heterocycles. The topological polar surface area (TPSA) is 52.6 Å². The van der Waals surface area contributed by atoms with Gasteiger partial charge >= 0.3 is 11.9 Å². The number of carbonyl (C=O) groups is 2. The predicted octanol–water partition coefficient (Wildman–Crippen LogP) is 0.771. The van der Waals surface area contributed by atoms with Gasteiger partial charge < -0.3 is 9.47 Å². The Hall–Kier alpha value is -1.32. The van der Waals surface area contributed by atoms with Crippen molar-refractivity contribution in [2.24, 2.45) is 23.7 Å². The first-order valence-corrected chi connectivity index (χ1v) is 5.03. The summed E-state index contributed by atoms with van der Waals surface area (Å²) in [5.74, 6) is -1.02. The van der Waals surface area contributed by atoms with Crippen LogP contribution < -0.4 is 0 Å². The minimum Gasteiger partial charge on any atom is -0.469 e. The molecule has 15 heavy (non-hydrogen) atoms. The Kier molecular flexibility index (Phi) is 2.50. The molecule has 2 aliphatic carbocycles. The molecular weight excluding hydrogens is 196 g/mol. The molecule has 2 aliphatic rings. The Morgan fingerprint density at radius 1 is 1.00 bits per heavy atom. The zero-order valence-electron chi connectivity index (χ0n) is 8.80. The van der Waals surface area contributed by atoms with Gasteiger partial charge in [-0.15, -0.1) is 0 Å². The van der Waals surface area contributed by atoms with E-state index in [0.717, 1.165) is 6.42 Å². The molecule has 82 valence electrons. The smallest absolute Gasteiger partial charge is 0.310 e. The Bertz CT molecular complexity index is 291. The molecule has 0 radical (unpaired) electrons. The maximum absolute atomic E-state index is 11.6. The van der Waals surface area contributed by atoms with E-state index < -0.39 is 0 Å². The number of ether oxygens (including phenoxy) is 2. The fourth-order valence-electron chi connectivity index (χ4n) is 2.74. The van der Waals surface area contributed by atoms with E-state index in [4.69, 9.17) is 9.47 Å². The van der Waals surface area contributed by atoms with E-state index in [2.05, 4.69) is 0 Å². The van der Waals surface area contributed by atoms with Crippen molar-refractivity contribution >= 4 is 11.9 Å². The van der Waals surface area contributed by atoms with Crippen LogP contribution in [-0.2, 0) is 19.1 Å². The molecule has 0 aromatic heterocycles. The highest BCUT2D eigenvalue weighted by molar-refractivity contribution is 5.84. The molecule has 4 heteroatoms. The van der Waals surface area contributed by atoms with Crippen LogP contribution in [0.15, 0.2) is 12.2 Å². The summed E-state index contributed by atoms with van der Waals surface area (Å²) in [4.78, 5) is 23.1. The summed E-state index contributed by atoms with van der Waals surface area (Å²) >= 11 is 0. The van der Waals surface area contributed by atoms with Gasteiger partial charge in [-0.2, -0.15) is 0 Å². The highest BCUT2D eigenvalue weighted by Gasteiger charge is 2.52. The number of rotatable bonds is 2. The first-order chi connectivity index (χ1) is 7.19. The van der Waals surface area contributed by atoms with Gasteiger partial charge in [-0.25, -0.2) is 0 Å². The average molecular weight is 210 g/mol. The van der Waals surface area contributed by atoms with Gasteiger partial charge in [0.15, 0.2) is 0 Å². The third-order valence-corrected chi connectivity index (χ3v) is 3.41. The van der Waals surface area contributed by atoms with Crippen molar-refractivity contribution in [1.82, 2.24) is 0 Å². The Morgan fingerprint density at radius 2 is 1.40 bits per heavy atom. The van der Waals surface area contributed by atoms with Gasteiger partial charge in [0.25, 0.3) is 0 Å². The standard InChI is InChI=1S/C11H14O4/c1-14-10(12)8-6-3-4-7(5-6)9(8)11(13)15-2/h3-4,6-9H,5H2,1-2H3/t6-,7+,8-,9+. The van der Waals surface area contributed by atoms with Crippen LogP contribution in [0.3, 0.4) is 0 Å². The van der Waals surface area contributed by atoms with Gasteiger partial charge in [-0.1, -0.05) is 12.2 Å². The summed E-state index contributed by atoms with van der Waals surface area (Å²) in [6.45, 7) is 0. The largest absolute Gasteiger partial charge is 0.469 e. The molecule has 2 rings (SSSR count). The third kappa shape index (κ3) is 1.44. The van der Waals surface area contributed by atoms with E-state index in [1.807, 2.05) is 12.2 Å². The lowest BCUT2D eigenvalue weighted by Crippen LogP contribution is -2.34. The second-order valence-corrected chi connectivity index (χ2v) is 4.05. The molecule has 0 aliphatic heterocycles. The van der Waals surface area contributed by atoms with Gasteiger partial charge in [0.1, 0.15) is 0 Å². The summed E-state index contributed by atoms with van der Waals surface area (Å²) in [5, 5.41) is 0. The second kappa shape index (κ2) is 3.68. The van der Waals surface area contributed by atoms with Gasteiger partial charge in [0.05, 0.1) is 26.1 Å². The third-order valence-electron chi connectivity index (χ3n) is 3.41. The lowest BCUT2D eigenvalue weighted by molar-refractivity contribution is -0.158. The van der Waals surface area contributed by atoms with Crippen LogP contribution in [0.2, 0.25) is 0 Å². The van der Waals surface area contributed by atoms with Gasteiger partial charge in [-0.05, 0) is 18.3 Å². The normalized spacial score (nSPS) is 36.7. The van der Waals surface area contributed by atoms with Crippen LogP contribution >= 0.6 is 0 Å². The number of esters is 2. The number of methoxy groups -OCH3 is 2. The van der Waals surface area contributed by atoms with Crippen LogP contribution in [0.1, 0.15) is 6.42 Å². The van der Waals surface area contributed by atoms with E-state index in [9.17, 15) is 9.59 Å². The molecular formula is C11H14O4. The van der Waals surface area contributed by atoms with Gasteiger partial charge in [0, 0.05) is 0 Å². The van der Waals surface area contributed by atoms with E-state index in [1.165, 1.54) is 14.2 Å². The fourth-order valence-corrected chi connectivity index (χ4v) is 2.74. The Balaban J connectivity index is 2.24. The van der Waals surface area contributed by atoms with Crippen molar-refractivity contribution in [2.45, 2.75) is 6.42 Å². The minimum absolute atomic E-state index is 0.145. The highest BCUT2D eigenvalue weighted by Crippen LogP contribution is 2.48. The van der Waals surface area contributed by atoms with Crippen LogP contribution in [-0.4, -0.2) is 26.2 Å². The quantitative estimate of drug-likeness (QED) is 0.499. The molecule has 2 bridgehead atoms. The second-order valence-electron chi connectivity index (χ2n) is 4.05. The fraction of sp³-hybridized carbons (Fsp3) is 0.636. The molecule has 0 heterocycles. The van der Waals surface area contributed by atoms with Crippen LogP contribution in [0, 0.1) is 23.7 Å². The zero-order chi connectivity index (χ0) is 11.0. The lowest BCUT2D eigenvalue weighted by Gasteiger charge is -2.23. The molecule has 4 atom stereocenters. The molecule has 0 aromatic carbocycles. The van der Waals surface area contributed by atoms with E-state index >= 15 is 0 Å². The summed E-state index contributed by atoms with van der Waals surface area (Å²) in [7, 11) is 2.71. The molecule has 4 nitrogen and oxygen atoms in total. The van der Waals surface area contributed by atoms with Crippen LogP contribution in [0.4, 0.5) is 0 Å². The molecule has 0 N–H and O–H groups in total.